The van der Waals surface area contributed by atoms with Crippen molar-refractivity contribution in [2.75, 3.05) is 31.5 Å². The predicted octanol–water partition coefficient (Wildman–Crippen LogP) is 2.68. The van der Waals surface area contributed by atoms with Crippen LogP contribution >= 0.6 is 11.6 Å². The molecule has 2 aromatic heterocycles. The Morgan fingerprint density at radius 3 is 2.61 bits per heavy atom. The van der Waals surface area contributed by atoms with E-state index in [1.165, 1.54) is 0 Å². The molecule has 1 aliphatic rings. The van der Waals surface area contributed by atoms with Crippen LogP contribution < -0.4 is 5.32 Å². The minimum absolute atomic E-state index is 0.0997. The fourth-order valence-electron chi connectivity index (χ4n) is 3.25. The lowest BCUT2D eigenvalue weighted by Gasteiger charge is -2.34. The smallest absolute Gasteiger partial charge is 0.321 e. The maximum Gasteiger partial charge on any atom is 0.321 e. The zero-order valence-corrected chi connectivity index (χ0v) is 16.1. The summed E-state index contributed by atoms with van der Waals surface area (Å²) in [7, 11) is 0. The molecule has 0 spiro atoms. The van der Waals surface area contributed by atoms with Crippen LogP contribution in [0, 0.1) is 6.92 Å². The van der Waals surface area contributed by atoms with Gasteiger partial charge in [-0.2, -0.15) is 5.10 Å². The van der Waals surface area contributed by atoms with E-state index in [2.05, 4.69) is 15.4 Å². The number of amides is 3. The Morgan fingerprint density at radius 2 is 1.86 bits per heavy atom. The van der Waals surface area contributed by atoms with Crippen molar-refractivity contribution in [3.05, 3.63) is 59.0 Å². The number of rotatable bonds is 2. The molecule has 0 aliphatic carbocycles. The number of nitrogens with zero attached hydrogens (tertiary/aromatic N) is 5. The Balaban J connectivity index is 1.39. The van der Waals surface area contributed by atoms with E-state index < -0.39 is 0 Å². The molecule has 1 fully saturated rings. The van der Waals surface area contributed by atoms with E-state index in [-0.39, 0.29) is 11.9 Å². The third kappa shape index (κ3) is 3.50. The molecule has 144 valence electrons. The lowest BCUT2D eigenvalue weighted by molar-refractivity contribution is 0.0669. The van der Waals surface area contributed by atoms with Gasteiger partial charge in [-0.25, -0.2) is 14.3 Å². The highest BCUT2D eigenvalue weighted by Gasteiger charge is 2.26. The predicted molar refractivity (Wildman–Crippen MR) is 106 cm³/mol. The highest BCUT2D eigenvalue weighted by Crippen LogP contribution is 2.17. The van der Waals surface area contributed by atoms with Gasteiger partial charge >= 0.3 is 6.03 Å². The average Bonchev–Trinajstić information content (AvgIpc) is 3.18. The molecule has 9 heteroatoms. The van der Waals surface area contributed by atoms with Gasteiger partial charge in [0.15, 0.2) is 5.65 Å². The molecule has 8 nitrogen and oxygen atoms in total. The van der Waals surface area contributed by atoms with E-state index >= 15 is 0 Å². The van der Waals surface area contributed by atoms with Crippen LogP contribution in [0.3, 0.4) is 0 Å². The third-order valence-electron chi connectivity index (χ3n) is 4.82. The van der Waals surface area contributed by atoms with E-state index in [0.717, 1.165) is 5.69 Å². The first-order valence-corrected chi connectivity index (χ1v) is 9.31. The topological polar surface area (TPSA) is 82.8 Å². The van der Waals surface area contributed by atoms with Crippen molar-refractivity contribution in [1.82, 2.24) is 24.4 Å². The van der Waals surface area contributed by atoms with E-state index in [4.69, 9.17) is 11.6 Å². The largest absolute Gasteiger partial charge is 0.335 e. The normalized spacial score (nSPS) is 14.4. The molecule has 3 heterocycles. The number of aromatic nitrogens is 3. The molecule has 0 unspecified atom stereocenters. The molecular formula is C19H19ClN6O2. The zero-order chi connectivity index (χ0) is 19.7. The number of aryl methyl sites for hydroxylation is 1. The van der Waals surface area contributed by atoms with Crippen molar-refractivity contribution in [2.24, 2.45) is 0 Å². The molecule has 0 atom stereocenters. The number of carbonyl (C=O) groups is 2. The lowest BCUT2D eigenvalue weighted by atomic mass is 10.2. The number of urea groups is 1. The van der Waals surface area contributed by atoms with E-state index in [9.17, 15) is 9.59 Å². The van der Waals surface area contributed by atoms with Gasteiger partial charge in [0.05, 0.1) is 17.5 Å². The fraction of sp³-hybridized carbons (Fsp3) is 0.263. The Kier molecular flexibility index (Phi) is 4.87. The number of carbonyl (C=O) groups excluding carboxylic acids is 2. The number of fused-ring (bicyclic) bond motifs is 1. The molecule has 1 saturated heterocycles. The maximum atomic E-state index is 12.9. The van der Waals surface area contributed by atoms with Crippen molar-refractivity contribution in [3.63, 3.8) is 0 Å². The quantitative estimate of drug-likeness (QED) is 0.719. The van der Waals surface area contributed by atoms with Gasteiger partial charge in [0.25, 0.3) is 5.91 Å². The summed E-state index contributed by atoms with van der Waals surface area (Å²) in [6.45, 7) is 3.67. The van der Waals surface area contributed by atoms with Gasteiger partial charge in [0, 0.05) is 49.2 Å². The molecule has 4 rings (SSSR count). The number of anilines is 1. The molecule has 0 bridgehead atoms. The highest BCUT2D eigenvalue weighted by molar-refractivity contribution is 6.30. The van der Waals surface area contributed by atoms with Crippen LogP contribution in [0.4, 0.5) is 10.5 Å². The number of hydrogen-bond donors (Lipinski definition) is 1. The van der Waals surface area contributed by atoms with E-state index in [1.807, 2.05) is 6.92 Å². The first kappa shape index (κ1) is 18.2. The number of hydrogen-bond acceptors (Lipinski definition) is 4. The van der Waals surface area contributed by atoms with Gasteiger partial charge in [-0.15, -0.1) is 0 Å². The molecule has 1 aliphatic heterocycles. The second kappa shape index (κ2) is 7.47. The van der Waals surface area contributed by atoms with Gasteiger partial charge in [-0.05, 0) is 25.1 Å². The second-order valence-corrected chi connectivity index (χ2v) is 7.01. The summed E-state index contributed by atoms with van der Waals surface area (Å²) in [5.74, 6) is -0.0997. The standard InChI is InChI=1S/C19H19ClN6O2/c1-13-16(12-21-17-5-6-22-26(13)17)18(27)24-7-9-25(10-8-24)19(28)23-15-4-2-3-14(20)11-15/h2-6,11-12H,7-10H2,1H3,(H,23,28). The van der Waals surface area contributed by atoms with Crippen LogP contribution in [-0.2, 0) is 0 Å². The molecular weight excluding hydrogens is 380 g/mol. The summed E-state index contributed by atoms with van der Waals surface area (Å²) < 4.78 is 1.65. The fourth-order valence-corrected chi connectivity index (χ4v) is 3.44. The van der Waals surface area contributed by atoms with Gasteiger partial charge in [0.2, 0.25) is 0 Å². The first-order valence-electron chi connectivity index (χ1n) is 8.93. The summed E-state index contributed by atoms with van der Waals surface area (Å²) >= 11 is 5.95. The average molecular weight is 399 g/mol. The van der Waals surface area contributed by atoms with Gasteiger partial charge in [-0.3, -0.25) is 4.79 Å². The number of benzene rings is 1. The molecule has 3 aromatic rings. The highest BCUT2D eigenvalue weighted by atomic mass is 35.5. The second-order valence-electron chi connectivity index (χ2n) is 6.58. The van der Waals surface area contributed by atoms with Crippen molar-refractivity contribution in [3.8, 4) is 0 Å². The molecule has 0 saturated carbocycles. The van der Waals surface area contributed by atoms with Crippen LogP contribution in [-0.4, -0.2) is 62.5 Å². The van der Waals surface area contributed by atoms with Crippen LogP contribution in [0.5, 0.6) is 0 Å². The summed E-state index contributed by atoms with van der Waals surface area (Å²) in [6.07, 6.45) is 3.24. The Hall–Kier alpha value is -3.13. The third-order valence-corrected chi connectivity index (χ3v) is 5.05. The number of nitrogens with one attached hydrogen (secondary N) is 1. The van der Waals surface area contributed by atoms with Crippen LogP contribution in [0.25, 0.3) is 5.65 Å². The lowest BCUT2D eigenvalue weighted by Crippen LogP contribution is -2.51. The van der Waals surface area contributed by atoms with Crippen molar-refractivity contribution >= 4 is 34.9 Å². The summed E-state index contributed by atoms with van der Waals surface area (Å²) in [6, 6.07) is 8.59. The number of halogens is 1. The van der Waals surface area contributed by atoms with Crippen molar-refractivity contribution in [1.29, 1.82) is 0 Å². The minimum atomic E-state index is -0.204. The molecule has 1 aromatic carbocycles. The van der Waals surface area contributed by atoms with E-state index in [1.54, 1.807) is 57.0 Å². The van der Waals surface area contributed by atoms with Gasteiger partial charge in [0.1, 0.15) is 0 Å². The molecule has 3 amide bonds. The molecule has 1 N–H and O–H groups in total. The zero-order valence-electron chi connectivity index (χ0n) is 15.3. The van der Waals surface area contributed by atoms with Crippen LogP contribution in [0.15, 0.2) is 42.7 Å². The van der Waals surface area contributed by atoms with Crippen LogP contribution in [0.2, 0.25) is 5.02 Å². The SMILES string of the molecule is Cc1c(C(=O)N2CCN(C(=O)Nc3cccc(Cl)c3)CC2)cnc2ccnn12. The molecule has 28 heavy (non-hydrogen) atoms. The summed E-state index contributed by atoms with van der Waals surface area (Å²) in [4.78, 5) is 33.1. The minimum Gasteiger partial charge on any atom is -0.335 e. The van der Waals surface area contributed by atoms with Crippen LogP contribution in [0.1, 0.15) is 16.1 Å². The van der Waals surface area contributed by atoms with E-state index in [0.29, 0.717) is 48.1 Å². The van der Waals surface area contributed by atoms with Gasteiger partial charge < -0.3 is 15.1 Å². The molecule has 0 radical (unpaired) electrons. The Morgan fingerprint density at radius 1 is 1.11 bits per heavy atom. The summed E-state index contributed by atoms with van der Waals surface area (Å²) in [5.41, 5.74) is 2.62. The first-order chi connectivity index (χ1) is 13.5. The number of piperazine rings is 1. The van der Waals surface area contributed by atoms with Gasteiger partial charge in [-0.1, -0.05) is 17.7 Å². The maximum absolute atomic E-state index is 12.9. The summed E-state index contributed by atoms with van der Waals surface area (Å²) in [5, 5.41) is 7.59. The Bertz CT molecular complexity index is 1040. The Labute approximate surface area is 166 Å². The van der Waals surface area contributed by atoms with Crippen molar-refractivity contribution < 1.29 is 9.59 Å². The van der Waals surface area contributed by atoms with Crippen molar-refractivity contribution in [2.45, 2.75) is 6.92 Å². The monoisotopic (exact) mass is 398 g/mol.